The number of rotatable bonds is 2. The molecule has 62 valence electrons. The smallest absolute Gasteiger partial charge is 0.313 e. The van der Waals surface area contributed by atoms with Crippen molar-refractivity contribution < 1.29 is 9.53 Å². The summed E-state index contributed by atoms with van der Waals surface area (Å²) in [6, 6.07) is 0. The normalized spacial score (nSPS) is 29.3. The molecule has 0 saturated heterocycles. The molecule has 0 aromatic rings. The second-order valence-electron chi connectivity index (χ2n) is 3.73. The molecule has 2 saturated carbocycles. The Balaban J connectivity index is 2.16. The van der Waals surface area contributed by atoms with Gasteiger partial charge in [0.05, 0.1) is 12.5 Å². The molecule has 11 heavy (non-hydrogen) atoms. The first-order valence-electron chi connectivity index (χ1n) is 4.02. The highest BCUT2D eigenvalue weighted by atomic mass is 16.5. The summed E-state index contributed by atoms with van der Waals surface area (Å²) < 4.78 is 4.73. The average molecular weight is 155 g/mol. The highest BCUT2D eigenvalue weighted by molar-refractivity contribution is 5.82. The maximum atomic E-state index is 11.3. The molecule has 0 aromatic carbocycles. The molecule has 0 aromatic heterocycles. The Kier molecular flexibility index (Phi) is 1.15. The Morgan fingerprint density at radius 2 is 1.91 bits per heavy atom. The van der Waals surface area contributed by atoms with E-state index in [1.165, 1.54) is 7.11 Å². The predicted octanol–water partition coefficient (Wildman–Crippen LogP) is 0.431. The van der Waals surface area contributed by atoms with Crippen LogP contribution in [0.25, 0.3) is 0 Å². The maximum Gasteiger partial charge on any atom is 0.313 e. The van der Waals surface area contributed by atoms with Gasteiger partial charge < -0.3 is 10.5 Å². The van der Waals surface area contributed by atoms with Crippen LogP contribution in [0.4, 0.5) is 0 Å². The number of carbonyl (C=O) groups excluding carboxylic acids is 1. The highest BCUT2D eigenvalue weighted by Crippen LogP contribution is 2.63. The third-order valence-electron chi connectivity index (χ3n) is 3.07. The van der Waals surface area contributed by atoms with Gasteiger partial charge in [-0.1, -0.05) is 0 Å². The van der Waals surface area contributed by atoms with Crippen molar-refractivity contribution in [2.75, 3.05) is 7.11 Å². The summed E-state index contributed by atoms with van der Waals surface area (Å²) in [5, 5.41) is 0. The lowest BCUT2D eigenvalue weighted by Gasteiger charge is -2.19. The van der Waals surface area contributed by atoms with Gasteiger partial charge in [0.1, 0.15) is 0 Å². The Morgan fingerprint density at radius 1 is 1.36 bits per heavy atom. The number of hydrogen-bond donors (Lipinski definition) is 1. The Morgan fingerprint density at radius 3 is 2.18 bits per heavy atom. The summed E-state index contributed by atoms with van der Waals surface area (Å²) in [4.78, 5) is 11.3. The topological polar surface area (TPSA) is 52.3 Å². The van der Waals surface area contributed by atoms with E-state index in [2.05, 4.69) is 0 Å². The number of ether oxygens (including phenoxy) is 1. The molecular weight excluding hydrogens is 142 g/mol. The van der Waals surface area contributed by atoms with Crippen molar-refractivity contribution in [1.82, 2.24) is 0 Å². The lowest BCUT2D eigenvalue weighted by Crippen LogP contribution is -2.40. The Hall–Kier alpha value is -0.570. The molecular formula is C8H13NO2. The highest BCUT2D eigenvalue weighted by Gasteiger charge is 2.68. The molecule has 0 spiro atoms. The van der Waals surface area contributed by atoms with E-state index < -0.39 is 0 Å². The van der Waals surface area contributed by atoms with Crippen LogP contribution in [0.1, 0.15) is 25.7 Å². The van der Waals surface area contributed by atoms with Crippen LogP contribution < -0.4 is 5.73 Å². The van der Waals surface area contributed by atoms with Crippen LogP contribution in [-0.4, -0.2) is 18.6 Å². The second-order valence-corrected chi connectivity index (χ2v) is 3.73. The SMILES string of the molecule is COC(=O)C1(C2(N)CC2)CC1. The lowest BCUT2D eigenvalue weighted by atomic mass is 9.95. The average Bonchev–Trinajstić information content (AvgIpc) is 2.80. The first-order valence-corrected chi connectivity index (χ1v) is 4.02. The fourth-order valence-corrected chi connectivity index (χ4v) is 1.84. The number of carbonyl (C=O) groups is 1. The Labute approximate surface area is 65.9 Å². The molecule has 3 heteroatoms. The predicted molar refractivity (Wildman–Crippen MR) is 39.8 cm³/mol. The second kappa shape index (κ2) is 1.78. The van der Waals surface area contributed by atoms with Crippen molar-refractivity contribution in [3.8, 4) is 0 Å². The van der Waals surface area contributed by atoms with E-state index in [0.29, 0.717) is 0 Å². The first kappa shape index (κ1) is 7.10. The van der Waals surface area contributed by atoms with Gasteiger partial charge in [-0.25, -0.2) is 0 Å². The molecule has 0 atom stereocenters. The van der Waals surface area contributed by atoms with Crippen LogP contribution in [-0.2, 0) is 9.53 Å². The quantitative estimate of drug-likeness (QED) is 0.588. The van der Waals surface area contributed by atoms with E-state index in [1.54, 1.807) is 0 Å². The van der Waals surface area contributed by atoms with Crippen molar-refractivity contribution in [2.24, 2.45) is 11.1 Å². The van der Waals surface area contributed by atoms with Crippen molar-refractivity contribution in [1.29, 1.82) is 0 Å². The van der Waals surface area contributed by atoms with Crippen LogP contribution in [0.2, 0.25) is 0 Å². The molecule has 0 heterocycles. The molecule has 0 amide bonds. The minimum Gasteiger partial charge on any atom is -0.469 e. The largest absolute Gasteiger partial charge is 0.469 e. The summed E-state index contributed by atoms with van der Waals surface area (Å²) in [5.74, 6) is -0.0995. The van der Waals surface area contributed by atoms with E-state index in [9.17, 15) is 4.79 Å². The third kappa shape index (κ3) is 0.745. The van der Waals surface area contributed by atoms with Gasteiger partial charge in [0.2, 0.25) is 0 Å². The fraction of sp³-hybridized carbons (Fsp3) is 0.875. The van der Waals surface area contributed by atoms with Crippen LogP contribution in [0.15, 0.2) is 0 Å². The summed E-state index contributed by atoms with van der Waals surface area (Å²) in [5.41, 5.74) is 5.49. The molecule has 2 rings (SSSR count). The van der Waals surface area contributed by atoms with E-state index in [-0.39, 0.29) is 16.9 Å². The molecule has 0 unspecified atom stereocenters. The van der Waals surface area contributed by atoms with Crippen LogP contribution in [0.5, 0.6) is 0 Å². The third-order valence-corrected chi connectivity index (χ3v) is 3.07. The maximum absolute atomic E-state index is 11.3. The minimum absolute atomic E-state index is 0.0995. The molecule has 2 fully saturated rings. The summed E-state index contributed by atoms with van der Waals surface area (Å²) in [6.45, 7) is 0. The molecule has 0 radical (unpaired) electrons. The summed E-state index contributed by atoms with van der Waals surface area (Å²) in [7, 11) is 1.44. The van der Waals surface area contributed by atoms with Crippen molar-refractivity contribution in [3.05, 3.63) is 0 Å². The standard InChI is InChI=1S/C8H13NO2/c1-11-6(10)7(2-3-7)8(9)4-5-8/h2-5,9H2,1H3. The monoisotopic (exact) mass is 155 g/mol. The lowest BCUT2D eigenvalue weighted by molar-refractivity contribution is -0.148. The van der Waals surface area contributed by atoms with Gasteiger partial charge in [-0.2, -0.15) is 0 Å². The van der Waals surface area contributed by atoms with Gasteiger partial charge >= 0.3 is 5.97 Å². The van der Waals surface area contributed by atoms with E-state index in [0.717, 1.165) is 25.7 Å². The van der Waals surface area contributed by atoms with Crippen LogP contribution in [0, 0.1) is 5.41 Å². The molecule has 2 aliphatic rings. The van der Waals surface area contributed by atoms with Crippen LogP contribution >= 0.6 is 0 Å². The first-order chi connectivity index (χ1) is 5.15. The molecule has 0 bridgehead atoms. The van der Waals surface area contributed by atoms with Crippen molar-refractivity contribution in [2.45, 2.75) is 31.2 Å². The van der Waals surface area contributed by atoms with Crippen LogP contribution in [0.3, 0.4) is 0 Å². The zero-order valence-corrected chi connectivity index (χ0v) is 6.72. The zero-order chi connectivity index (χ0) is 8.11. The summed E-state index contributed by atoms with van der Waals surface area (Å²) >= 11 is 0. The van der Waals surface area contributed by atoms with Gasteiger partial charge in [-0.3, -0.25) is 4.79 Å². The molecule has 0 aliphatic heterocycles. The number of hydrogen-bond acceptors (Lipinski definition) is 3. The number of esters is 1. The van der Waals surface area contributed by atoms with Gasteiger partial charge in [-0.15, -0.1) is 0 Å². The fourth-order valence-electron chi connectivity index (χ4n) is 1.84. The van der Waals surface area contributed by atoms with Gasteiger partial charge in [0, 0.05) is 5.54 Å². The van der Waals surface area contributed by atoms with Gasteiger partial charge in [0.25, 0.3) is 0 Å². The molecule has 2 aliphatic carbocycles. The van der Waals surface area contributed by atoms with E-state index >= 15 is 0 Å². The van der Waals surface area contributed by atoms with E-state index in [4.69, 9.17) is 10.5 Å². The summed E-state index contributed by atoms with van der Waals surface area (Å²) in [6.07, 6.45) is 3.83. The number of nitrogens with two attached hydrogens (primary N) is 1. The van der Waals surface area contributed by atoms with Gasteiger partial charge in [0.15, 0.2) is 0 Å². The molecule has 3 nitrogen and oxygen atoms in total. The number of methoxy groups -OCH3 is 1. The van der Waals surface area contributed by atoms with Gasteiger partial charge in [-0.05, 0) is 25.7 Å². The van der Waals surface area contributed by atoms with E-state index in [1.807, 2.05) is 0 Å². The van der Waals surface area contributed by atoms with Crippen molar-refractivity contribution in [3.63, 3.8) is 0 Å². The zero-order valence-electron chi connectivity index (χ0n) is 6.72. The minimum atomic E-state index is -0.276. The Bertz CT molecular complexity index is 204. The molecule has 2 N–H and O–H groups in total. The van der Waals surface area contributed by atoms with Crippen molar-refractivity contribution >= 4 is 5.97 Å².